The summed E-state index contributed by atoms with van der Waals surface area (Å²) in [6, 6.07) is 4.87. The Balaban J connectivity index is 2.28. The zero-order valence-corrected chi connectivity index (χ0v) is 9.89. The quantitative estimate of drug-likeness (QED) is 0.812. The molecule has 0 saturated carbocycles. The third-order valence-electron chi connectivity index (χ3n) is 3.38. The van der Waals surface area contributed by atoms with Gasteiger partial charge >= 0.3 is 0 Å². The monoisotopic (exact) mass is 235 g/mol. The van der Waals surface area contributed by atoms with E-state index in [1.165, 1.54) is 0 Å². The van der Waals surface area contributed by atoms with Gasteiger partial charge in [0.1, 0.15) is 5.75 Å². The molecule has 0 unspecified atom stereocenters. The van der Waals surface area contributed by atoms with Crippen LogP contribution in [0.25, 0.3) is 0 Å². The lowest BCUT2D eigenvalue weighted by Crippen LogP contribution is -2.37. The average Bonchev–Trinajstić information content (AvgIpc) is 2.80. The maximum absolute atomic E-state index is 12.3. The molecular weight excluding hydrogens is 218 g/mol. The number of nitrogens with zero attached hydrogens (tertiary/aromatic N) is 1. The molecule has 2 rings (SSSR count). The summed E-state index contributed by atoms with van der Waals surface area (Å²) < 4.78 is 0. The number of benzene rings is 1. The highest BCUT2D eigenvalue weighted by atomic mass is 16.3. The Hall–Kier alpha value is -1.55. The molecule has 1 saturated heterocycles. The van der Waals surface area contributed by atoms with Crippen molar-refractivity contribution in [1.29, 1.82) is 0 Å². The van der Waals surface area contributed by atoms with Crippen molar-refractivity contribution < 1.29 is 15.0 Å². The molecule has 1 aromatic carbocycles. The van der Waals surface area contributed by atoms with Crippen molar-refractivity contribution in [2.24, 2.45) is 0 Å². The van der Waals surface area contributed by atoms with Gasteiger partial charge in [0.2, 0.25) is 0 Å². The van der Waals surface area contributed by atoms with Crippen molar-refractivity contribution >= 4 is 5.91 Å². The molecule has 0 aliphatic carbocycles. The lowest BCUT2D eigenvalue weighted by Gasteiger charge is -2.23. The van der Waals surface area contributed by atoms with E-state index in [-0.39, 0.29) is 24.3 Å². The Labute approximate surface area is 100 Å². The number of hydrogen-bond donors (Lipinski definition) is 2. The number of carbonyl (C=O) groups is 1. The average molecular weight is 235 g/mol. The molecule has 1 aromatic rings. The molecule has 92 valence electrons. The Kier molecular flexibility index (Phi) is 3.33. The van der Waals surface area contributed by atoms with E-state index in [2.05, 4.69) is 0 Å². The standard InChI is InChI=1S/C13H17NO3/c1-9-11(5-2-6-12(9)16)13(17)14-7-3-4-10(14)8-15/h2,5-6,10,15-16H,3-4,7-8H2,1H3/t10-/m0/s1. The first kappa shape index (κ1) is 11.9. The number of aliphatic hydroxyl groups excluding tert-OH is 1. The van der Waals surface area contributed by atoms with E-state index in [1.807, 2.05) is 0 Å². The van der Waals surface area contributed by atoms with Crippen LogP contribution in [0.15, 0.2) is 18.2 Å². The van der Waals surface area contributed by atoms with Gasteiger partial charge in [-0.2, -0.15) is 0 Å². The summed E-state index contributed by atoms with van der Waals surface area (Å²) in [5, 5.41) is 18.8. The van der Waals surface area contributed by atoms with Crippen LogP contribution in [0.2, 0.25) is 0 Å². The van der Waals surface area contributed by atoms with E-state index in [9.17, 15) is 15.0 Å². The molecule has 1 heterocycles. The summed E-state index contributed by atoms with van der Waals surface area (Å²) in [5.74, 6) is 0.0329. The topological polar surface area (TPSA) is 60.8 Å². The first-order valence-electron chi connectivity index (χ1n) is 5.85. The molecule has 4 nitrogen and oxygen atoms in total. The van der Waals surface area contributed by atoms with Gasteiger partial charge in [-0.1, -0.05) is 6.07 Å². The Morgan fingerprint density at radius 3 is 3.00 bits per heavy atom. The van der Waals surface area contributed by atoms with Crippen LogP contribution in [0.1, 0.15) is 28.8 Å². The van der Waals surface area contributed by atoms with Crippen molar-refractivity contribution in [2.75, 3.05) is 13.2 Å². The van der Waals surface area contributed by atoms with E-state index in [4.69, 9.17) is 0 Å². The Morgan fingerprint density at radius 1 is 1.53 bits per heavy atom. The van der Waals surface area contributed by atoms with E-state index < -0.39 is 0 Å². The van der Waals surface area contributed by atoms with Crippen LogP contribution in [-0.4, -0.2) is 40.2 Å². The molecule has 0 aromatic heterocycles. The largest absolute Gasteiger partial charge is 0.508 e. The molecule has 1 amide bonds. The Bertz CT molecular complexity index is 431. The minimum atomic E-state index is -0.102. The van der Waals surface area contributed by atoms with Gasteiger partial charge in [0, 0.05) is 17.7 Å². The highest BCUT2D eigenvalue weighted by Crippen LogP contribution is 2.24. The number of hydrogen-bond acceptors (Lipinski definition) is 3. The third-order valence-corrected chi connectivity index (χ3v) is 3.38. The fourth-order valence-electron chi connectivity index (χ4n) is 2.30. The second-order valence-corrected chi connectivity index (χ2v) is 4.43. The van der Waals surface area contributed by atoms with Gasteiger partial charge in [0.25, 0.3) is 5.91 Å². The van der Waals surface area contributed by atoms with Crippen LogP contribution in [0.3, 0.4) is 0 Å². The van der Waals surface area contributed by atoms with E-state index >= 15 is 0 Å². The van der Waals surface area contributed by atoms with Crippen LogP contribution in [-0.2, 0) is 0 Å². The summed E-state index contributed by atoms with van der Waals surface area (Å²) in [7, 11) is 0. The third kappa shape index (κ3) is 2.13. The predicted octanol–water partition coefficient (Wildman–Crippen LogP) is 1.30. The number of aliphatic hydroxyl groups is 1. The number of amides is 1. The van der Waals surface area contributed by atoms with Crippen molar-refractivity contribution in [3.63, 3.8) is 0 Å². The number of aromatic hydroxyl groups is 1. The number of carbonyl (C=O) groups excluding carboxylic acids is 1. The molecule has 1 fully saturated rings. The van der Waals surface area contributed by atoms with Crippen molar-refractivity contribution in [1.82, 2.24) is 4.90 Å². The zero-order valence-electron chi connectivity index (χ0n) is 9.89. The van der Waals surface area contributed by atoms with Gasteiger partial charge in [0.05, 0.1) is 12.6 Å². The van der Waals surface area contributed by atoms with Crippen LogP contribution < -0.4 is 0 Å². The van der Waals surface area contributed by atoms with Gasteiger partial charge in [-0.3, -0.25) is 4.79 Å². The second kappa shape index (κ2) is 4.75. The van der Waals surface area contributed by atoms with E-state index in [0.717, 1.165) is 12.8 Å². The molecule has 17 heavy (non-hydrogen) atoms. The van der Waals surface area contributed by atoms with Crippen molar-refractivity contribution in [3.8, 4) is 5.75 Å². The maximum atomic E-state index is 12.3. The normalized spacial score (nSPS) is 19.6. The summed E-state index contributed by atoms with van der Waals surface area (Å²) in [4.78, 5) is 14.0. The van der Waals surface area contributed by atoms with Gasteiger partial charge < -0.3 is 15.1 Å². The highest BCUT2D eigenvalue weighted by molar-refractivity contribution is 5.96. The summed E-state index contributed by atoms with van der Waals surface area (Å²) in [6.45, 7) is 2.41. The van der Waals surface area contributed by atoms with Crippen molar-refractivity contribution in [2.45, 2.75) is 25.8 Å². The number of phenolic OH excluding ortho intramolecular Hbond substituents is 1. The summed E-state index contributed by atoms with van der Waals surface area (Å²) >= 11 is 0. The summed E-state index contributed by atoms with van der Waals surface area (Å²) in [6.07, 6.45) is 1.77. The Morgan fingerprint density at radius 2 is 2.29 bits per heavy atom. The van der Waals surface area contributed by atoms with Crippen molar-refractivity contribution in [3.05, 3.63) is 29.3 Å². The fraction of sp³-hybridized carbons (Fsp3) is 0.462. The maximum Gasteiger partial charge on any atom is 0.254 e. The van der Waals surface area contributed by atoms with Gasteiger partial charge in [0.15, 0.2) is 0 Å². The minimum Gasteiger partial charge on any atom is -0.508 e. The summed E-state index contributed by atoms with van der Waals surface area (Å²) in [5.41, 5.74) is 1.12. The molecule has 4 heteroatoms. The number of rotatable bonds is 2. The zero-order chi connectivity index (χ0) is 12.4. The first-order valence-corrected chi connectivity index (χ1v) is 5.85. The van der Waals surface area contributed by atoms with Gasteiger partial charge in [-0.05, 0) is 31.9 Å². The minimum absolute atomic E-state index is 0.00357. The van der Waals surface area contributed by atoms with E-state index in [0.29, 0.717) is 17.7 Å². The number of phenols is 1. The second-order valence-electron chi connectivity index (χ2n) is 4.43. The van der Waals surface area contributed by atoms with Crippen LogP contribution in [0, 0.1) is 6.92 Å². The van der Waals surface area contributed by atoms with Crippen LogP contribution in [0.5, 0.6) is 5.75 Å². The lowest BCUT2D eigenvalue weighted by atomic mass is 10.1. The molecule has 1 aliphatic rings. The molecule has 1 aliphatic heterocycles. The fourth-order valence-corrected chi connectivity index (χ4v) is 2.30. The van der Waals surface area contributed by atoms with Gasteiger partial charge in [-0.25, -0.2) is 0 Å². The van der Waals surface area contributed by atoms with Crippen LogP contribution >= 0.6 is 0 Å². The smallest absolute Gasteiger partial charge is 0.254 e. The van der Waals surface area contributed by atoms with E-state index in [1.54, 1.807) is 30.0 Å². The lowest BCUT2D eigenvalue weighted by molar-refractivity contribution is 0.0676. The number of likely N-dealkylation sites (tertiary alicyclic amines) is 1. The first-order chi connectivity index (χ1) is 8.15. The SMILES string of the molecule is Cc1c(O)cccc1C(=O)N1CCC[C@H]1CO. The molecule has 2 N–H and O–H groups in total. The molecule has 0 radical (unpaired) electrons. The predicted molar refractivity (Wildman–Crippen MR) is 64.0 cm³/mol. The molecule has 1 atom stereocenters. The molecule has 0 bridgehead atoms. The van der Waals surface area contributed by atoms with Gasteiger partial charge in [-0.15, -0.1) is 0 Å². The molecule has 0 spiro atoms. The molecular formula is C13H17NO3. The highest BCUT2D eigenvalue weighted by Gasteiger charge is 2.29. The van der Waals surface area contributed by atoms with Crippen LogP contribution in [0.4, 0.5) is 0 Å².